The number of nitrogens with zero attached hydrogens (tertiary/aromatic N) is 1. The molecule has 3 aromatic rings. The Morgan fingerprint density at radius 1 is 1.21 bits per heavy atom. The van der Waals surface area contributed by atoms with E-state index in [9.17, 15) is 9.59 Å². The van der Waals surface area contributed by atoms with Crippen LogP contribution in [0, 0.1) is 0 Å². The van der Waals surface area contributed by atoms with E-state index >= 15 is 0 Å². The standard InChI is InChI=1S/C20H17ClN2O3S2/c1-26-18-8-7-14(9-16(18)21)22-19(25)10-15-11-27-20(23-15)28-12-17(24)13-5-3-2-4-6-13/h2-9,11H,10,12H2,1H3,(H,22,25). The van der Waals surface area contributed by atoms with E-state index in [1.54, 1.807) is 30.3 Å². The van der Waals surface area contributed by atoms with Crippen LogP contribution >= 0.6 is 34.7 Å². The molecule has 0 fully saturated rings. The Kier molecular flexibility index (Phi) is 7.08. The molecule has 28 heavy (non-hydrogen) atoms. The van der Waals surface area contributed by atoms with Gasteiger partial charge in [0.2, 0.25) is 5.91 Å². The first-order valence-corrected chi connectivity index (χ1v) is 10.6. The molecule has 1 N–H and O–H groups in total. The number of amides is 1. The minimum Gasteiger partial charge on any atom is -0.495 e. The van der Waals surface area contributed by atoms with Gasteiger partial charge in [-0.2, -0.15) is 0 Å². The Morgan fingerprint density at radius 2 is 2.00 bits per heavy atom. The quantitative estimate of drug-likeness (QED) is 0.402. The number of ketones is 1. The van der Waals surface area contributed by atoms with E-state index in [1.165, 1.54) is 30.2 Å². The summed E-state index contributed by atoms with van der Waals surface area (Å²) in [6.07, 6.45) is 0.146. The number of thioether (sulfide) groups is 1. The molecule has 0 aliphatic heterocycles. The molecule has 0 aliphatic carbocycles. The van der Waals surface area contributed by atoms with E-state index in [2.05, 4.69) is 10.3 Å². The lowest BCUT2D eigenvalue weighted by Gasteiger charge is -2.07. The van der Waals surface area contributed by atoms with Gasteiger partial charge in [0.15, 0.2) is 10.1 Å². The SMILES string of the molecule is COc1ccc(NC(=O)Cc2csc(SCC(=O)c3ccccc3)n2)cc1Cl. The first-order chi connectivity index (χ1) is 13.5. The number of nitrogens with one attached hydrogen (secondary N) is 1. The van der Waals surface area contributed by atoms with Gasteiger partial charge in [-0.15, -0.1) is 11.3 Å². The Bertz CT molecular complexity index is 977. The van der Waals surface area contributed by atoms with E-state index in [0.717, 1.165) is 4.34 Å². The fourth-order valence-corrected chi connectivity index (χ4v) is 4.38. The second kappa shape index (κ2) is 9.73. The van der Waals surface area contributed by atoms with Gasteiger partial charge < -0.3 is 10.1 Å². The molecule has 0 bridgehead atoms. The third-order valence-electron chi connectivity index (χ3n) is 3.73. The lowest BCUT2D eigenvalue weighted by Crippen LogP contribution is -2.14. The first-order valence-electron chi connectivity index (χ1n) is 8.34. The topological polar surface area (TPSA) is 68.3 Å². The molecule has 0 saturated carbocycles. The summed E-state index contributed by atoms with van der Waals surface area (Å²) < 4.78 is 5.86. The van der Waals surface area contributed by atoms with Crippen molar-refractivity contribution in [3.05, 3.63) is 70.2 Å². The fourth-order valence-electron chi connectivity index (χ4n) is 2.38. The first kappa shape index (κ1) is 20.4. The van der Waals surface area contributed by atoms with Crippen LogP contribution in [0.25, 0.3) is 0 Å². The van der Waals surface area contributed by atoms with Gasteiger partial charge in [0, 0.05) is 16.6 Å². The molecule has 0 aliphatic rings. The highest BCUT2D eigenvalue weighted by atomic mass is 35.5. The molecule has 1 heterocycles. The van der Waals surface area contributed by atoms with Crippen molar-refractivity contribution in [1.82, 2.24) is 4.98 Å². The smallest absolute Gasteiger partial charge is 0.230 e. The van der Waals surface area contributed by atoms with E-state index in [4.69, 9.17) is 16.3 Å². The van der Waals surface area contributed by atoms with Crippen molar-refractivity contribution >= 4 is 52.1 Å². The van der Waals surface area contributed by atoms with Crippen molar-refractivity contribution in [2.75, 3.05) is 18.2 Å². The summed E-state index contributed by atoms with van der Waals surface area (Å²) in [4.78, 5) is 28.8. The number of rotatable bonds is 8. The number of benzene rings is 2. The fraction of sp³-hybridized carbons (Fsp3) is 0.150. The highest BCUT2D eigenvalue weighted by Gasteiger charge is 2.12. The summed E-state index contributed by atoms with van der Waals surface area (Å²) in [6, 6.07) is 14.2. The van der Waals surface area contributed by atoms with Crippen molar-refractivity contribution in [3.63, 3.8) is 0 Å². The highest BCUT2D eigenvalue weighted by Crippen LogP contribution is 2.27. The zero-order valence-corrected chi connectivity index (χ0v) is 17.4. The molecular formula is C20H17ClN2O3S2. The lowest BCUT2D eigenvalue weighted by molar-refractivity contribution is -0.115. The number of carbonyl (C=O) groups excluding carboxylic acids is 2. The summed E-state index contributed by atoms with van der Waals surface area (Å²) >= 11 is 8.86. The minimum atomic E-state index is -0.191. The molecule has 5 nitrogen and oxygen atoms in total. The van der Waals surface area contributed by atoms with Crippen LogP contribution in [0.4, 0.5) is 5.69 Å². The number of anilines is 1. The summed E-state index contributed by atoms with van der Waals surface area (Å²) in [7, 11) is 1.53. The lowest BCUT2D eigenvalue weighted by atomic mass is 10.2. The third-order valence-corrected chi connectivity index (χ3v) is 6.10. The maximum atomic E-state index is 12.2. The van der Waals surface area contributed by atoms with Crippen LogP contribution in [0.15, 0.2) is 58.3 Å². The van der Waals surface area contributed by atoms with E-state index in [0.29, 0.717) is 33.5 Å². The van der Waals surface area contributed by atoms with Gasteiger partial charge in [-0.25, -0.2) is 4.98 Å². The van der Waals surface area contributed by atoms with Crippen LogP contribution in [-0.4, -0.2) is 29.5 Å². The number of Topliss-reactive ketones (excluding diaryl/α,β-unsaturated/α-hetero) is 1. The van der Waals surface area contributed by atoms with Crippen molar-refractivity contribution in [2.24, 2.45) is 0 Å². The largest absolute Gasteiger partial charge is 0.495 e. The average Bonchev–Trinajstić information content (AvgIpc) is 3.14. The molecule has 0 radical (unpaired) electrons. The average molecular weight is 433 g/mol. The van der Waals surface area contributed by atoms with Crippen molar-refractivity contribution in [3.8, 4) is 5.75 Å². The molecule has 1 aromatic heterocycles. The number of hydrogen-bond acceptors (Lipinski definition) is 6. The Labute approximate surface area is 176 Å². The maximum absolute atomic E-state index is 12.2. The summed E-state index contributed by atoms with van der Waals surface area (Å²) in [5.74, 6) is 0.721. The second-order valence-corrected chi connectivity index (χ2v) is 8.24. The molecule has 144 valence electrons. The minimum absolute atomic E-state index is 0.0523. The molecule has 0 atom stereocenters. The van der Waals surface area contributed by atoms with Gasteiger partial charge in [0.25, 0.3) is 0 Å². The van der Waals surface area contributed by atoms with E-state index in [1.807, 2.05) is 23.6 Å². The van der Waals surface area contributed by atoms with Crippen LogP contribution in [0.1, 0.15) is 16.1 Å². The van der Waals surface area contributed by atoms with Gasteiger partial charge in [-0.05, 0) is 18.2 Å². The summed E-state index contributed by atoms with van der Waals surface area (Å²) in [5, 5.41) is 5.04. The second-order valence-electron chi connectivity index (χ2n) is 5.76. The predicted octanol–water partition coefficient (Wildman–Crippen LogP) is 4.96. The van der Waals surface area contributed by atoms with Crippen molar-refractivity contribution < 1.29 is 14.3 Å². The molecule has 3 rings (SSSR count). The Hall–Kier alpha value is -2.35. The summed E-state index contributed by atoms with van der Waals surface area (Å²) in [6.45, 7) is 0. The van der Waals surface area contributed by atoms with E-state index < -0.39 is 0 Å². The van der Waals surface area contributed by atoms with Gasteiger partial charge in [0.05, 0.1) is 30.0 Å². The van der Waals surface area contributed by atoms with E-state index in [-0.39, 0.29) is 18.1 Å². The Balaban J connectivity index is 1.52. The van der Waals surface area contributed by atoms with Gasteiger partial charge in [0.1, 0.15) is 5.75 Å². The third kappa shape index (κ3) is 5.58. The van der Waals surface area contributed by atoms with Gasteiger partial charge in [-0.1, -0.05) is 53.7 Å². The maximum Gasteiger partial charge on any atom is 0.230 e. The van der Waals surface area contributed by atoms with Crippen LogP contribution in [-0.2, 0) is 11.2 Å². The predicted molar refractivity (Wildman–Crippen MR) is 114 cm³/mol. The monoisotopic (exact) mass is 432 g/mol. The van der Waals surface area contributed by atoms with Crippen LogP contribution in [0.5, 0.6) is 5.75 Å². The highest BCUT2D eigenvalue weighted by molar-refractivity contribution is 8.01. The number of thiazole rings is 1. The number of ether oxygens (including phenoxy) is 1. The molecule has 0 spiro atoms. The molecule has 2 aromatic carbocycles. The van der Waals surface area contributed by atoms with Gasteiger partial charge >= 0.3 is 0 Å². The zero-order chi connectivity index (χ0) is 19.9. The number of methoxy groups -OCH3 is 1. The molecule has 8 heteroatoms. The number of aromatic nitrogens is 1. The normalized spacial score (nSPS) is 10.5. The number of hydrogen-bond donors (Lipinski definition) is 1. The number of halogens is 1. The van der Waals surface area contributed by atoms with Gasteiger partial charge in [-0.3, -0.25) is 9.59 Å². The van der Waals surface area contributed by atoms with Crippen LogP contribution in [0.3, 0.4) is 0 Å². The van der Waals surface area contributed by atoms with Crippen LogP contribution in [0.2, 0.25) is 5.02 Å². The van der Waals surface area contributed by atoms with Crippen molar-refractivity contribution in [2.45, 2.75) is 10.8 Å². The summed E-state index contributed by atoms with van der Waals surface area (Å²) in [5.41, 5.74) is 1.94. The molecule has 1 amide bonds. The molecular weight excluding hydrogens is 416 g/mol. The Morgan fingerprint density at radius 3 is 2.71 bits per heavy atom. The van der Waals surface area contributed by atoms with Crippen LogP contribution < -0.4 is 10.1 Å². The molecule has 0 saturated heterocycles. The molecule has 0 unspecified atom stereocenters. The van der Waals surface area contributed by atoms with Crippen molar-refractivity contribution in [1.29, 1.82) is 0 Å². The zero-order valence-electron chi connectivity index (χ0n) is 15.0. The number of carbonyl (C=O) groups is 2.